The lowest BCUT2D eigenvalue weighted by Gasteiger charge is -2.23. The fraction of sp³-hybridized carbons (Fsp3) is 0.471. The van der Waals surface area contributed by atoms with Gasteiger partial charge in [0, 0.05) is 17.3 Å². The number of hydrogen-bond acceptors (Lipinski definition) is 3. The molecule has 1 fully saturated rings. The maximum absolute atomic E-state index is 6.05. The quantitative estimate of drug-likeness (QED) is 0.658. The Labute approximate surface area is 147 Å². The van der Waals surface area contributed by atoms with Gasteiger partial charge in [0.05, 0.1) is 24.0 Å². The van der Waals surface area contributed by atoms with Gasteiger partial charge < -0.3 is 11.1 Å². The van der Waals surface area contributed by atoms with Crippen molar-refractivity contribution in [2.24, 2.45) is 10.7 Å². The number of guanidine groups is 1. The molecular weight excluding hydrogens is 324 g/mol. The summed E-state index contributed by atoms with van der Waals surface area (Å²) >= 11 is 5.97. The normalized spacial score (nSPS) is 16.3. The number of halogens is 1. The SMILES string of the molecule is Cc1ccc(CN=C(N)NC2CCCCC2)c(-n2cc(Cl)cn2)n1. The van der Waals surface area contributed by atoms with Gasteiger partial charge in [-0.2, -0.15) is 5.10 Å². The molecule has 0 saturated heterocycles. The fourth-order valence-corrected chi connectivity index (χ4v) is 3.12. The van der Waals surface area contributed by atoms with Crippen molar-refractivity contribution in [3.05, 3.63) is 40.8 Å². The van der Waals surface area contributed by atoms with E-state index in [0.717, 1.165) is 17.1 Å². The monoisotopic (exact) mass is 346 g/mol. The Morgan fingerprint density at radius 1 is 1.38 bits per heavy atom. The van der Waals surface area contributed by atoms with Gasteiger partial charge in [-0.3, -0.25) is 0 Å². The summed E-state index contributed by atoms with van der Waals surface area (Å²) in [5.74, 6) is 1.23. The zero-order valence-electron chi connectivity index (χ0n) is 13.9. The van der Waals surface area contributed by atoms with Gasteiger partial charge in [-0.1, -0.05) is 36.9 Å². The second-order valence-corrected chi connectivity index (χ2v) is 6.66. The molecule has 1 saturated carbocycles. The van der Waals surface area contributed by atoms with E-state index >= 15 is 0 Å². The standard InChI is InChI=1S/C17H23ClN6/c1-12-7-8-13(16(22-12)24-11-14(18)10-21-24)9-20-17(19)23-15-5-3-2-4-6-15/h7-8,10-11,15H,2-6,9H2,1H3,(H3,19,20,23). The maximum Gasteiger partial charge on any atom is 0.189 e. The van der Waals surface area contributed by atoms with Crippen molar-refractivity contribution in [3.8, 4) is 5.82 Å². The van der Waals surface area contributed by atoms with Crippen molar-refractivity contribution in [1.82, 2.24) is 20.1 Å². The van der Waals surface area contributed by atoms with E-state index in [9.17, 15) is 0 Å². The van der Waals surface area contributed by atoms with Crippen LogP contribution in [0.4, 0.5) is 0 Å². The van der Waals surface area contributed by atoms with E-state index < -0.39 is 0 Å². The number of nitrogens with one attached hydrogen (secondary N) is 1. The number of nitrogens with two attached hydrogens (primary N) is 1. The average Bonchev–Trinajstić information content (AvgIpc) is 3.01. The Kier molecular flexibility index (Phi) is 5.35. The Hall–Kier alpha value is -2.08. The molecule has 0 spiro atoms. The molecule has 1 aliphatic carbocycles. The molecule has 0 atom stereocenters. The van der Waals surface area contributed by atoms with Crippen molar-refractivity contribution in [3.63, 3.8) is 0 Å². The molecule has 0 amide bonds. The minimum absolute atomic E-state index is 0.447. The third kappa shape index (κ3) is 4.26. The van der Waals surface area contributed by atoms with Crippen LogP contribution in [0.25, 0.3) is 5.82 Å². The zero-order valence-corrected chi connectivity index (χ0v) is 14.6. The van der Waals surface area contributed by atoms with Gasteiger partial charge >= 0.3 is 0 Å². The first-order valence-electron chi connectivity index (χ1n) is 8.35. The summed E-state index contributed by atoms with van der Waals surface area (Å²) in [7, 11) is 0. The Bertz CT molecular complexity index is 718. The molecule has 0 aromatic carbocycles. The van der Waals surface area contributed by atoms with Gasteiger partial charge in [0.25, 0.3) is 0 Å². The van der Waals surface area contributed by atoms with Crippen molar-refractivity contribution < 1.29 is 0 Å². The highest BCUT2D eigenvalue weighted by Crippen LogP contribution is 2.18. The molecule has 24 heavy (non-hydrogen) atoms. The summed E-state index contributed by atoms with van der Waals surface area (Å²) in [4.78, 5) is 9.04. The lowest BCUT2D eigenvalue weighted by molar-refractivity contribution is 0.412. The third-order valence-corrected chi connectivity index (χ3v) is 4.44. The van der Waals surface area contributed by atoms with Crippen molar-refractivity contribution in [2.75, 3.05) is 0 Å². The highest BCUT2D eigenvalue weighted by Gasteiger charge is 2.14. The van der Waals surface area contributed by atoms with Crippen LogP contribution in [0, 0.1) is 6.92 Å². The van der Waals surface area contributed by atoms with Crippen molar-refractivity contribution in [1.29, 1.82) is 0 Å². The average molecular weight is 347 g/mol. The first kappa shape index (κ1) is 16.8. The first-order valence-corrected chi connectivity index (χ1v) is 8.73. The van der Waals surface area contributed by atoms with Gasteiger partial charge in [0.1, 0.15) is 0 Å². The van der Waals surface area contributed by atoms with Crippen LogP contribution >= 0.6 is 11.6 Å². The molecular formula is C17H23ClN6. The molecule has 3 N–H and O–H groups in total. The number of aryl methyl sites for hydroxylation is 1. The number of pyridine rings is 1. The van der Waals surface area contributed by atoms with Crippen LogP contribution in [0.3, 0.4) is 0 Å². The van der Waals surface area contributed by atoms with E-state index in [4.69, 9.17) is 17.3 Å². The predicted molar refractivity (Wildman–Crippen MR) is 96.4 cm³/mol. The van der Waals surface area contributed by atoms with Crippen LogP contribution < -0.4 is 11.1 Å². The van der Waals surface area contributed by atoms with E-state index in [-0.39, 0.29) is 0 Å². The third-order valence-electron chi connectivity index (χ3n) is 4.24. The van der Waals surface area contributed by atoms with Crippen LogP contribution in [-0.4, -0.2) is 26.8 Å². The molecule has 0 radical (unpaired) electrons. The molecule has 2 heterocycles. The van der Waals surface area contributed by atoms with E-state index in [1.54, 1.807) is 17.1 Å². The minimum Gasteiger partial charge on any atom is -0.370 e. The van der Waals surface area contributed by atoms with Crippen molar-refractivity contribution >= 4 is 17.6 Å². The highest BCUT2D eigenvalue weighted by atomic mass is 35.5. The van der Waals surface area contributed by atoms with Crippen molar-refractivity contribution in [2.45, 2.75) is 51.6 Å². The maximum atomic E-state index is 6.05. The largest absolute Gasteiger partial charge is 0.370 e. The number of aliphatic imine (C=N–C) groups is 1. The number of rotatable bonds is 4. The zero-order chi connectivity index (χ0) is 16.9. The molecule has 0 aliphatic heterocycles. The summed E-state index contributed by atoms with van der Waals surface area (Å²) in [6, 6.07) is 4.41. The second kappa shape index (κ2) is 7.66. The summed E-state index contributed by atoms with van der Waals surface area (Å²) in [5, 5.41) is 8.14. The second-order valence-electron chi connectivity index (χ2n) is 6.22. The first-order chi connectivity index (χ1) is 11.6. The Morgan fingerprint density at radius 2 is 2.17 bits per heavy atom. The smallest absolute Gasteiger partial charge is 0.189 e. The molecule has 7 heteroatoms. The van der Waals surface area contributed by atoms with Crippen LogP contribution in [0.15, 0.2) is 29.5 Å². The van der Waals surface area contributed by atoms with Gasteiger partial charge in [0.15, 0.2) is 11.8 Å². The molecule has 1 aliphatic rings. The van der Waals surface area contributed by atoms with Crippen LogP contribution in [0.5, 0.6) is 0 Å². The van der Waals surface area contributed by atoms with Gasteiger partial charge in [0.2, 0.25) is 0 Å². The Balaban J connectivity index is 1.73. The Morgan fingerprint density at radius 3 is 2.88 bits per heavy atom. The molecule has 6 nitrogen and oxygen atoms in total. The summed E-state index contributed by atoms with van der Waals surface area (Å²) < 4.78 is 1.67. The topological polar surface area (TPSA) is 81.1 Å². The van der Waals surface area contributed by atoms with E-state index in [1.165, 1.54) is 32.1 Å². The van der Waals surface area contributed by atoms with Crippen LogP contribution in [0.1, 0.15) is 43.4 Å². The van der Waals surface area contributed by atoms with E-state index in [2.05, 4.69) is 20.4 Å². The summed E-state index contributed by atoms with van der Waals surface area (Å²) in [6.45, 7) is 2.40. The van der Waals surface area contributed by atoms with E-state index in [0.29, 0.717) is 23.6 Å². The van der Waals surface area contributed by atoms with E-state index in [1.807, 2.05) is 19.1 Å². The lowest BCUT2D eigenvalue weighted by Crippen LogP contribution is -2.41. The molecule has 3 rings (SSSR count). The van der Waals surface area contributed by atoms with Crippen LogP contribution in [-0.2, 0) is 6.54 Å². The van der Waals surface area contributed by atoms with Gasteiger partial charge in [-0.15, -0.1) is 0 Å². The molecule has 0 unspecified atom stereocenters. The minimum atomic E-state index is 0.447. The number of aromatic nitrogens is 3. The molecule has 128 valence electrons. The number of hydrogen-bond donors (Lipinski definition) is 2. The number of nitrogens with zero attached hydrogens (tertiary/aromatic N) is 4. The fourth-order valence-electron chi connectivity index (χ4n) is 2.98. The highest BCUT2D eigenvalue weighted by molar-refractivity contribution is 6.30. The molecule has 0 bridgehead atoms. The van der Waals surface area contributed by atoms with Crippen LogP contribution in [0.2, 0.25) is 5.02 Å². The predicted octanol–water partition coefficient (Wildman–Crippen LogP) is 2.97. The van der Waals surface area contributed by atoms with Gasteiger partial charge in [-0.05, 0) is 25.8 Å². The molecule has 2 aromatic heterocycles. The summed E-state index contributed by atoms with van der Waals surface area (Å²) in [6.07, 6.45) is 9.50. The summed E-state index contributed by atoms with van der Waals surface area (Å²) in [5.41, 5.74) is 7.92. The lowest BCUT2D eigenvalue weighted by atomic mass is 9.96. The molecule has 2 aromatic rings. The van der Waals surface area contributed by atoms with Gasteiger partial charge in [-0.25, -0.2) is 14.7 Å².